The summed E-state index contributed by atoms with van der Waals surface area (Å²) in [6.45, 7) is 3.77. The van der Waals surface area contributed by atoms with Gasteiger partial charge in [0.15, 0.2) is 0 Å². The van der Waals surface area contributed by atoms with Crippen LogP contribution in [-0.2, 0) is 0 Å². The Labute approximate surface area is 138 Å². The molecule has 23 heavy (non-hydrogen) atoms. The summed E-state index contributed by atoms with van der Waals surface area (Å²) in [5.41, 5.74) is 1.02. The van der Waals surface area contributed by atoms with Crippen molar-refractivity contribution in [2.75, 3.05) is 11.9 Å². The van der Waals surface area contributed by atoms with Crippen LogP contribution in [0.2, 0.25) is 5.02 Å². The summed E-state index contributed by atoms with van der Waals surface area (Å²) >= 11 is 5.91. The average molecular weight is 335 g/mol. The molecule has 0 spiro atoms. The number of nitro benzene ring substituents is 1. The fraction of sp³-hybridized carbons (Fsp3) is 0.188. The van der Waals surface area contributed by atoms with Gasteiger partial charge in [-0.15, -0.1) is 0 Å². The standard InChI is InChI=1S/C16H15ClN2O4/c1-3-23-15-9-11(17)7-8-12(15)16(20)18-13-5-4-6-14(10(13)2)19(21)22/h4-9H,3H2,1-2H3,(H,18,20). The van der Waals surface area contributed by atoms with Gasteiger partial charge in [-0.3, -0.25) is 14.9 Å². The third kappa shape index (κ3) is 3.78. The Morgan fingerprint density at radius 1 is 1.35 bits per heavy atom. The van der Waals surface area contributed by atoms with E-state index in [4.69, 9.17) is 16.3 Å². The highest BCUT2D eigenvalue weighted by atomic mass is 35.5. The lowest BCUT2D eigenvalue weighted by Gasteiger charge is -2.12. The number of halogens is 1. The molecular formula is C16H15ClN2O4. The highest BCUT2D eigenvalue weighted by molar-refractivity contribution is 6.31. The Bertz CT molecular complexity index is 762. The van der Waals surface area contributed by atoms with Gasteiger partial charge >= 0.3 is 0 Å². The van der Waals surface area contributed by atoms with Crippen molar-refractivity contribution in [2.24, 2.45) is 0 Å². The van der Waals surface area contributed by atoms with Crippen molar-refractivity contribution in [3.63, 3.8) is 0 Å². The summed E-state index contributed by atoms with van der Waals surface area (Å²) in [6.07, 6.45) is 0. The molecule has 1 amide bonds. The summed E-state index contributed by atoms with van der Waals surface area (Å²) in [5.74, 6) is -0.0608. The average Bonchev–Trinajstić information content (AvgIpc) is 2.49. The lowest BCUT2D eigenvalue weighted by molar-refractivity contribution is -0.385. The quantitative estimate of drug-likeness (QED) is 0.656. The van der Waals surface area contributed by atoms with Crippen molar-refractivity contribution in [3.05, 3.63) is 62.7 Å². The maximum atomic E-state index is 12.5. The van der Waals surface area contributed by atoms with Gasteiger partial charge in [0.25, 0.3) is 11.6 Å². The molecule has 0 bridgehead atoms. The predicted molar refractivity (Wildman–Crippen MR) is 88.4 cm³/mol. The van der Waals surface area contributed by atoms with Crippen LogP contribution in [0.1, 0.15) is 22.8 Å². The molecule has 2 aromatic carbocycles. The maximum absolute atomic E-state index is 12.5. The molecule has 0 aliphatic carbocycles. The van der Waals surface area contributed by atoms with E-state index in [0.717, 1.165) is 0 Å². The number of anilines is 1. The number of benzene rings is 2. The molecule has 0 atom stereocenters. The number of amides is 1. The van der Waals surface area contributed by atoms with Gasteiger partial charge in [-0.2, -0.15) is 0 Å². The number of hydrogen-bond donors (Lipinski definition) is 1. The van der Waals surface area contributed by atoms with Gasteiger partial charge in [0.05, 0.1) is 28.3 Å². The van der Waals surface area contributed by atoms with E-state index in [-0.39, 0.29) is 5.69 Å². The number of carbonyl (C=O) groups excluding carboxylic acids is 1. The lowest BCUT2D eigenvalue weighted by atomic mass is 10.1. The van der Waals surface area contributed by atoms with Crippen LogP contribution in [-0.4, -0.2) is 17.4 Å². The molecule has 0 saturated heterocycles. The van der Waals surface area contributed by atoms with E-state index in [1.54, 1.807) is 38.1 Å². The Balaban J connectivity index is 2.33. The van der Waals surface area contributed by atoms with Crippen LogP contribution in [0.15, 0.2) is 36.4 Å². The summed E-state index contributed by atoms with van der Waals surface area (Å²) in [4.78, 5) is 22.9. The van der Waals surface area contributed by atoms with Crippen LogP contribution < -0.4 is 10.1 Å². The second-order valence-electron chi connectivity index (χ2n) is 4.73. The summed E-state index contributed by atoms with van der Waals surface area (Å²) in [5, 5.41) is 14.1. The molecule has 0 aliphatic rings. The van der Waals surface area contributed by atoms with Crippen molar-refractivity contribution >= 4 is 28.9 Å². The molecule has 0 fully saturated rings. The molecule has 0 saturated carbocycles. The fourth-order valence-electron chi connectivity index (χ4n) is 2.10. The number of nitrogens with one attached hydrogen (secondary N) is 1. The minimum atomic E-state index is -0.487. The number of ether oxygens (including phenoxy) is 1. The van der Waals surface area contributed by atoms with E-state index in [0.29, 0.717) is 34.2 Å². The third-order valence-corrected chi connectivity index (χ3v) is 3.47. The van der Waals surface area contributed by atoms with Crippen molar-refractivity contribution in [1.29, 1.82) is 0 Å². The van der Waals surface area contributed by atoms with Gasteiger partial charge in [-0.05, 0) is 38.1 Å². The van der Waals surface area contributed by atoms with Gasteiger partial charge in [0, 0.05) is 11.1 Å². The molecule has 0 aromatic heterocycles. The van der Waals surface area contributed by atoms with Crippen LogP contribution >= 0.6 is 11.6 Å². The van der Waals surface area contributed by atoms with E-state index in [1.165, 1.54) is 12.1 Å². The van der Waals surface area contributed by atoms with E-state index in [9.17, 15) is 14.9 Å². The van der Waals surface area contributed by atoms with Crippen LogP contribution in [0.4, 0.5) is 11.4 Å². The normalized spacial score (nSPS) is 10.2. The van der Waals surface area contributed by atoms with Gasteiger partial charge in [-0.1, -0.05) is 17.7 Å². The molecule has 2 aromatic rings. The first-order chi connectivity index (χ1) is 10.9. The molecule has 6 nitrogen and oxygen atoms in total. The maximum Gasteiger partial charge on any atom is 0.274 e. The van der Waals surface area contributed by atoms with Gasteiger partial charge in [0.2, 0.25) is 0 Å². The van der Waals surface area contributed by atoms with Crippen LogP contribution in [0.5, 0.6) is 5.75 Å². The zero-order valence-electron chi connectivity index (χ0n) is 12.6. The van der Waals surface area contributed by atoms with Crippen molar-refractivity contribution < 1.29 is 14.5 Å². The number of rotatable bonds is 5. The first-order valence-electron chi connectivity index (χ1n) is 6.91. The van der Waals surface area contributed by atoms with Crippen LogP contribution in [0.3, 0.4) is 0 Å². The smallest absolute Gasteiger partial charge is 0.274 e. The molecule has 0 heterocycles. The Morgan fingerprint density at radius 3 is 2.74 bits per heavy atom. The topological polar surface area (TPSA) is 81.5 Å². The van der Waals surface area contributed by atoms with E-state index < -0.39 is 10.8 Å². The number of nitro groups is 1. The van der Waals surface area contributed by atoms with Crippen molar-refractivity contribution in [3.8, 4) is 5.75 Å². The summed E-state index contributed by atoms with van der Waals surface area (Å²) in [7, 11) is 0. The van der Waals surface area contributed by atoms with E-state index >= 15 is 0 Å². The highest BCUT2D eigenvalue weighted by Crippen LogP contribution is 2.28. The zero-order chi connectivity index (χ0) is 17.0. The first kappa shape index (κ1) is 16.8. The second-order valence-corrected chi connectivity index (χ2v) is 5.17. The summed E-state index contributed by atoms with van der Waals surface area (Å²) in [6, 6.07) is 9.20. The largest absolute Gasteiger partial charge is 0.493 e. The molecular weight excluding hydrogens is 320 g/mol. The van der Waals surface area contributed by atoms with Crippen molar-refractivity contribution in [2.45, 2.75) is 13.8 Å². The van der Waals surface area contributed by atoms with Gasteiger partial charge in [0.1, 0.15) is 5.75 Å². The van der Waals surface area contributed by atoms with E-state index in [2.05, 4.69) is 5.32 Å². The van der Waals surface area contributed by atoms with E-state index in [1.807, 2.05) is 0 Å². The molecule has 1 N–H and O–H groups in total. The van der Waals surface area contributed by atoms with Gasteiger partial charge in [-0.25, -0.2) is 0 Å². The number of carbonyl (C=O) groups is 1. The Kier molecular flexibility index (Phi) is 5.18. The fourth-order valence-corrected chi connectivity index (χ4v) is 2.27. The minimum Gasteiger partial charge on any atom is -0.493 e. The molecule has 0 aliphatic heterocycles. The van der Waals surface area contributed by atoms with Gasteiger partial charge < -0.3 is 10.1 Å². The summed E-state index contributed by atoms with van der Waals surface area (Å²) < 4.78 is 5.42. The molecule has 120 valence electrons. The number of nitrogens with zero attached hydrogens (tertiary/aromatic N) is 1. The third-order valence-electron chi connectivity index (χ3n) is 3.24. The predicted octanol–water partition coefficient (Wildman–Crippen LogP) is 4.21. The SMILES string of the molecule is CCOc1cc(Cl)ccc1C(=O)Nc1cccc([N+](=O)[O-])c1C. The molecule has 0 radical (unpaired) electrons. The molecule has 2 rings (SSSR count). The molecule has 0 unspecified atom stereocenters. The second kappa shape index (κ2) is 7.11. The zero-order valence-corrected chi connectivity index (χ0v) is 13.4. The van der Waals surface area contributed by atoms with Crippen molar-refractivity contribution in [1.82, 2.24) is 0 Å². The Morgan fingerprint density at radius 2 is 2.09 bits per heavy atom. The van der Waals surface area contributed by atoms with Crippen LogP contribution in [0, 0.1) is 17.0 Å². The monoisotopic (exact) mass is 334 g/mol. The number of hydrogen-bond acceptors (Lipinski definition) is 4. The highest BCUT2D eigenvalue weighted by Gasteiger charge is 2.18. The Hall–Kier alpha value is -2.60. The lowest BCUT2D eigenvalue weighted by Crippen LogP contribution is -2.14. The van der Waals surface area contributed by atoms with Crippen LogP contribution in [0.25, 0.3) is 0 Å². The first-order valence-corrected chi connectivity index (χ1v) is 7.29. The molecule has 7 heteroatoms. The minimum absolute atomic E-state index is 0.0519.